The van der Waals surface area contributed by atoms with Crippen LogP contribution >= 0.6 is 0 Å². The zero-order chi connectivity index (χ0) is 23.5. The van der Waals surface area contributed by atoms with Crippen molar-refractivity contribution in [1.82, 2.24) is 0 Å². The molecule has 0 aromatic heterocycles. The lowest BCUT2D eigenvalue weighted by Crippen LogP contribution is -2.64. The summed E-state index contributed by atoms with van der Waals surface area (Å²) in [7, 11) is 0. The molecule has 0 aromatic carbocycles. The van der Waals surface area contributed by atoms with Crippen LogP contribution in [0.2, 0.25) is 0 Å². The number of rotatable bonds is 0. The summed E-state index contributed by atoms with van der Waals surface area (Å²) >= 11 is 0. The van der Waals surface area contributed by atoms with Crippen molar-refractivity contribution < 1.29 is 9.59 Å². The van der Waals surface area contributed by atoms with Gasteiger partial charge >= 0.3 is 0 Å². The quantitative estimate of drug-likeness (QED) is 0.369. The number of allylic oxidation sites excluding steroid dienone is 4. The van der Waals surface area contributed by atoms with Crippen LogP contribution in [0.25, 0.3) is 0 Å². The van der Waals surface area contributed by atoms with Gasteiger partial charge in [-0.15, -0.1) is 0 Å². The maximum Gasteiger partial charge on any atom is 0.222 e. The van der Waals surface area contributed by atoms with Crippen LogP contribution in [-0.2, 0) is 9.59 Å². The SMILES string of the molecule is CC1(C)CC[C@]2(C)CC[C@]3(C)[C@H]4CC=C5C(=CC(=O)C(=O)C5(C)C)[C@]4(C)CC[C@@]3(C)[C@@H]2C1. The average Bonchev–Trinajstić information content (AvgIpc) is 2.70. The first-order valence-corrected chi connectivity index (χ1v) is 13.1. The molecule has 6 atom stereocenters. The van der Waals surface area contributed by atoms with E-state index in [9.17, 15) is 9.59 Å². The van der Waals surface area contributed by atoms with Crippen molar-refractivity contribution in [2.24, 2.45) is 44.3 Å². The maximum atomic E-state index is 12.8. The minimum absolute atomic E-state index is 0.0100. The van der Waals surface area contributed by atoms with E-state index < -0.39 is 5.41 Å². The topological polar surface area (TPSA) is 34.1 Å². The molecule has 3 saturated carbocycles. The predicted molar refractivity (Wildman–Crippen MR) is 130 cm³/mol. The van der Waals surface area contributed by atoms with E-state index in [2.05, 4.69) is 47.6 Å². The Morgan fingerprint density at radius 1 is 0.719 bits per heavy atom. The number of carbonyl (C=O) groups excluding carboxylic acids is 2. The number of Topliss-reactive ketones (excluding diaryl/α,β-unsaturated/α-hetero) is 1. The van der Waals surface area contributed by atoms with Crippen molar-refractivity contribution in [2.45, 2.75) is 107 Å². The molecule has 32 heavy (non-hydrogen) atoms. The lowest BCUT2D eigenvalue weighted by molar-refractivity contribution is -0.214. The van der Waals surface area contributed by atoms with Crippen LogP contribution in [-0.4, -0.2) is 11.6 Å². The first kappa shape index (κ1) is 22.6. The fourth-order valence-corrected chi connectivity index (χ4v) is 9.61. The van der Waals surface area contributed by atoms with E-state index >= 15 is 0 Å². The van der Waals surface area contributed by atoms with E-state index in [0.29, 0.717) is 22.2 Å². The fraction of sp³-hybridized carbons (Fsp3) is 0.800. The number of carbonyl (C=O) groups is 2. The molecule has 0 amide bonds. The van der Waals surface area contributed by atoms with E-state index in [4.69, 9.17) is 0 Å². The zero-order valence-electron chi connectivity index (χ0n) is 21.8. The summed E-state index contributed by atoms with van der Waals surface area (Å²) in [4.78, 5) is 25.5. The second-order valence-electron chi connectivity index (χ2n) is 14.6. The van der Waals surface area contributed by atoms with E-state index in [0.717, 1.165) is 24.3 Å². The highest BCUT2D eigenvalue weighted by atomic mass is 16.2. The van der Waals surface area contributed by atoms with Crippen molar-refractivity contribution >= 4 is 11.6 Å². The summed E-state index contributed by atoms with van der Waals surface area (Å²) in [5.74, 6) is 0.787. The van der Waals surface area contributed by atoms with Gasteiger partial charge in [0.15, 0.2) is 0 Å². The fourth-order valence-electron chi connectivity index (χ4n) is 9.61. The van der Waals surface area contributed by atoms with Crippen molar-refractivity contribution in [3.63, 3.8) is 0 Å². The largest absolute Gasteiger partial charge is 0.290 e. The van der Waals surface area contributed by atoms with E-state index in [1.807, 2.05) is 13.8 Å². The normalized spacial score (nSPS) is 49.1. The van der Waals surface area contributed by atoms with Gasteiger partial charge in [0, 0.05) is 0 Å². The van der Waals surface area contributed by atoms with Crippen LogP contribution < -0.4 is 0 Å². The average molecular weight is 437 g/mol. The summed E-state index contributed by atoms with van der Waals surface area (Å²) in [6.45, 7) is 19.2. The van der Waals surface area contributed by atoms with Crippen LogP contribution in [0.1, 0.15) is 107 Å². The maximum absolute atomic E-state index is 12.8. The molecule has 0 aliphatic heterocycles. The first-order valence-electron chi connectivity index (χ1n) is 13.1. The van der Waals surface area contributed by atoms with Gasteiger partial charge in [-0.25, -0.2) is 0 Å². The molecule has 0 unspecified atom stereocenters. The molecule has 0 N–H and O–H groups in total. The van der Waals surface area contributed by atoms with E-state index in [-0.39, 0.29) is 22.4 Å². The van der Waals surface area contributed by atoms with Crippen LogP contribution in [0, 0.1) is 44.3 Å². The number of hydrogen-bond donors (Lipinski definition) is 0. The number of hydrogen-bond acceptors (Lipinski definition) is 2. The molecular weight excluding hydrogens is 392 g/mol. The molecule has 5 rings (SSSR count). The molecule has 0 heterocycles. The van der Waals surface area contributed by atoms with Gasteiger partial charge < -0.3 is 0 Å². The molecular formula is C30H44O2. The van der Waals surface area contributed by atoms with Gasteiger partial charge in [-0.1, -0.05) is 47.6 Å². The van der Waals surface area contributed by atoms with Gasteiger partial charge in [0.2, 0.25) is 11.6 Å². The standard InChI is InChI=1S/C30H44O2/c1-25(2)11-12-27(5)13-15-29(7)22-10-9-19-20(17-21(31)24(32)26(19,3)4)28(22,6)14-16-30(29,8)23(27)18-25/h9,17,22-23H,10-16,18H2,1-8H3/t22-,23+,27+,28-,29+,30-/m0/s1. The van der Waals surface area contributed by atoms with Gasteiger partial charge in [-0.2, -0.15) is 0 Å². The third-order valence-electron chi connectivity index (χ3n) is 12.2. The molecule has 0 saturated heterocycles. The Hall–Kier alpha value is -1.18. The van der Waals surface area contributed by atoms with Crippen LogP contribution in [0.5, 0.6) is 0 Å². The molecule has 5 aliphatic rings. The lowest BCUT2D eigenvalue weighted by Gasteiger charge is -2.72. The van der Waals surface area contributed by atoms with Gasteiger partial charge in [0.05, 0.1) is 5.41 Å². The number of ketones is 2. The van der Waals surface area contributed by atoms with E-state index in [1.165, 1.54) is 44.1 Å². The highest BCUT2D eigenvalue weighted by Gasteiger charge is 2.68. The van der Waals surface area contributed by atoms with Crippen LogP contribution in [0.4, 0.5) is 0 Å². The Morgan fingerprint density at radius 2 is 1.31 bits per heavy atom. The third-order valence-corrected chi connectivity index (χ3v) is 12.2. The summed E-state index contributed by atoms with van der Waals surface area (Å²) in [5, 5.41) is 0. The van der Waals surface area contributed by atoms with Crippen molar-refractivity contribution in [3.05, 3.63) is 23.3 Å². The number of fused-ring (bicyclic) bond motifs is 7. The second-order valence-corrected chi connectivity index (χ2v) is 14.6. The predicted octanol–water partition coefficient (Wildman–Crippen LogP) is 7.48. The Morgan fingerprint density at radius 3 is 2.00 bits per heavy atom. The van der Waals surface area contributed by atoms with Crippen molar-refractivity contribution in [3.8, 4) is 0 Å². The molecule has 176 valence electrons. The minimum Gasteiger partial charge on any atom is -0.290 e. The smallest absolute Gasteiger partial charge is 0.222 e. The summed E-state index contributed by atoms with van der Waals surface area (Å²) < 4.78 is 0. The van der Waals surface area contributed by atoms with E-state index in [1.54, 1.807) is 6.08 Å². The third kappa shape index (κ3) is 2.59. The Kier molecular flexibility index (Phi) is 4.43. The first-order chi connectivity index (χ1) is 14.6. The summed E-state index contributed by atoms with van der Waals surface area (Å²) in [6, 6.07) is 0. The Labute approximate surface area is 195 Å². The minimum atomic E-state index is -0.685. The molecule has 2 nitrogen and oxygen atoms in total. The lowest BCUT2D eigenvalue weighted by atomic mass is 9.32. The van der Waals surface area contributed by atoms with Gasteiger partial charge in [-0.05, 0) is 121 Å². The monoisotopic (exact) mass is 436 g/mol. The van der Waals surface area contributed by atoms with Crippen LogP contribution in [0.15, 0.2) is 23.3 Å². The molecule has 5 aliphatic carbocycles. The molecule has 0 bridgehead atoms. The summed E-state index contributed by atoms with van der Waals surface area (Å²) in [6.07, 6.45) is 14.2. The van der Waals surface area contributed by atoms with Crippen molar-refractivity contribution in [1.29, 1.82) is 0 Å². The second kappa shape index (κ2) is 6.28. The zero-order valence-corrected chi connectivity index (χ0v) is 21.8. The molecule has 0 spiro atoms. The Balaban J connectivity index is 1.62. The molecule has 0 aromatic rings. The summed E-state index contributed by atoms with van der Waals surface area (Å²) in [5.41, 5.74) is 3.15. The van der Waals surface area contributed by atoms with Gasteiger partial charge in [0.25, 0.3) is 0 Å². The molecule has 3 fully saturated rings. The van der Waals surface area contributed by atoms with Crippen molar-refractivity contribution in [2.75, 3.05) is 0 Å². The van der Waals surface area contributed by atoms with Crippen LogP contribution in [0.3, 0.4) is 0 Å². The molecule has 2 heteroatoms. The molecule has 0 radical (unpaired) electrons. The highest BCUT2D eigenvalue weighted by molar-refractivity contribution is 6.45. The highest BCUT2D eigenvalue weighted by Crippen LogP contribution is 2.76. The van der Waals surface area contributed by atoms with Gasteiger partial charge in [0.1, 0.15) is 0 Å². The Bertz CT molecular complexity index is 963. The van der Waals surface area contributed by atoms with Gasteiger partial charge in [-0.3, -0.25) is 9.59 Å².